The molecule has 6 heterocycles. The van der Waals surface area contributed by atoms with Gasteiger partial charge in [0.1, 0.15) is 11.6 Å². The molecular weight excluding hydrogens is 544 g/mol. The predicted octanol–water partition coefficient (Wildman–Crippen LogP) is 4.42. The van der Waals surface area contributed by atoms with Gasteiger partial charge in [0.25, 0.3) is 5.91 Å². The first-order chi connectivity index (χ1) is 21.0. The minimum absolute atomic E-state index is 0.0562. The Morgan fingerprint density at radius 3 is 2.56 bits per heavy atom. The van der Waals surface area contributed by atoms with E-state index in [4.69, 9.17) is 14.8 Å². The fourth-order valence-corrected chi connectivity index (χ4v) is 7.50. The fourth-order valence-electron chi connectivity index (χ4n) is 7.50. The Morgan fingerprint density at radius 1 is 0.953 bits per heavy atom. The van der Waals surface area contributed by atoms with Crippen LogP contribution in [0.3, 0.4) is 0 Å². The molecule has 1 aliphatic carbocycles. The van der Waals surface area contributed by atoms with E-state index in [1.165, 1.54) is 24.8 Å². The summed E-state index contributed by atoms with van der Waals surface area (Å²) in [4.78, 5) is 47.0. The molecule has 10 nitrogen and oxygen atoms in total. The maximum absolute atomic E-state index is 13.3. The lowest BCUT2D eigenvalue weighted by molar-refractivity contribution is -0.136. The first kappa shape index (κ1) is 27.0. The predicted molar refractivity (Wildman–Crippen MR) is 159 cm³/mol. The molecule has 2 unspecified atom stereocenters. The lowest BCUT2D eigenvalue weighted by atomic mass is 9.82. The van der Waals surface area contributed by atoms with Crippen LogP contribution >= 0.6 is 0 Å². The summed E-state index contributed by atoms with van der Waals surface area (Å²) in [6, 6.07) is 7.51. The fraction of sp³-hybridized carbons (Fsp3) is 0.545. The highest BCUT2D eigenvalue weighted by molar-refractivity contribution is 6.05. The van der Waals surface area contributed by atoms with Crippen LogP contribution in [0.25, 0.3) is 22.3 Å². The Kier molecular flexibility index (Phi) is 6.78. The van der Waals surface area contributed by atoms with Crippen LogP contribution in [0.15, 0.2) is 24.3 Å². The number of hydrogen-bond donors (Lipinski definition) is 1. The smallest absolute Gasteiger partial charge is 0.255 e. The lowest BCUT2D eigenvalue weighted by Gasteiger charge is -2.29. The van der Waals surface area contributed by atoms with Gasteiger partial charge in [-0.05, 0) is 93.8 Å². The largest absolute Gasteiger partial charge is 0.356 e. The number of nitrogens with zero attached hydrogens (tertiary/aromatic N) is 5. The summed E-state index contributed by atoms with van der Waals surface area (Å²) in [5.74, 6) is -0.401. The van der Waals surface area contributed by atoms with E-state index in [0.29, 0.717) is 24.4 Å². The number of likely N-dealkylation sites (tertiary alicyclic amines) is 1. The summed E-state index contributed by atoms with van der Waals surface area (Å²) in [6.45, 7) is 4.16. The highest BCUT2D eigenvalue weighted by Crippen LogP contribution is 2.42. The number of amides is 3. The molecule has 1 aromatic carbocycles. The van der Waals surface area contributed by atoms with Gasteiger partial charge in [-0.3, -0.25) is 24.6 Å². The van der Waals surface area contributed by atoms with Gasteiger partial charge >= 0.3 is 0 Å². The number of carbonyl (C=O) groups excluding carboxylic acids is 3. The number of piperidine rings is 1. The van der Waals surface area contributed by atoms with Gasteiger partial charge in [-0.2, -0.15) is 5.10 Å². The molecule has 2 aromatic heterocycles. The van der Waals surface area contributed by atoms with E-state index in [1.54, 1.807) is 4.90 Å². The number of pyridine rings is 1. The normalized spacial score (nSPS) is 24.9. The zero-order valence-electron chi connectivity index (χ0n) is 24.5. The molecule has 0 bridgehead atoms. The molecule has 0 spiro atoms. The number of imide groups is 1. The molecule has 4 aliphatic heterocycles. The monoisotopic (exact) mass is 582 g/mol. The van der Waals surface area contributed by atoms with Crippen LogP contribution in [0.1, 0.15) is 104 Å². The molecule has 0 radical (unpaired) electrons. The van der Waals surface area contributed by atoms with Gasteiger partial charge in [0, 0.05) is 43.2 Å². The zero-order chi connectivity index (χ0) is 29.1. The summed E-state index contributed by atoms with van der Waals surface area (Å²) >= 11 is 0. The van der Waals surface area contributed by atoms with E-state index < -0.39 is 11.9 Å². The number of nitrogens with one attached hydrogen (secondary N) is 1. The maximum Gasteiger partial charge on any atom is 0.255 e. The Labute approximate surface area is 250 Å². The van der Waals surface area contributed by atoms with Gasteiger partial charge in [0.05, 0.1) is 16.9 Å². The van der Waals surface area contributed by atoms with Crippen LogP contribution in [0.2, 0.25) is 0 Å². The average Bonchev–Trinajstić information content (AvgIpc) is 3.71. The molecule has 3 aromatic rings. The minimum Gasteiger partial charge on any atom is -0.356 e. The number of carbonyl (C=O) groups is 3. The van der Waals surface area contributed by atoms with E-state index in [-0.39, 0.29) is 24.5 Å². The molecule has 3 saturated heterocycles. The number of benzene rings is 1. The van der Waals surface area contributed by atoms with Crippen LogP contribution in [0.5, 0.6) is 0 Å². The van der Waals surface area contributed by atoms with Gasteiger partial charge < -0.3 is 9.64 Å². The van der Waals surface area contributed by atoms with Crippen molar-refractivity contribution in [3.63, 3.8) is 0 Å². The highest BCUT2D eigenvalue weighted by Gasteiger charge is 2.39. The highest BCUT2D eigenvalue weighted by atomic mass is 16.5. The van der Waals surface area contributed by atoms with E-state index in [9.17, 15) is 14.4 Å². The number of ether oxygens (including phenoxy) is 1. The van der Waals surface area contributed by atoms with Crippen LogP contribution in [-0.4, -0.2) is 68.0 Å². The summed E-state index contributed by atoms with van der Waals surface area (Å²) in [7, 11) is 0. The van der Waals surface area contributed by atoms with Crippen molar-refractivity contribution in [2.45, 2.75) is 95.5 Å². The van der Waals surface area contributed by atoms with Gasteiger partial charge in [-0.1, -0.05) is 12.5 Å². The van der Waals surface area contributed by atoms with Crippen molar-refractivity contribution in [2.75, 3.05) is 19.7 Å². The van der Waals surface area contributed by atoms with E-state index in [1.807, 2.05) is 12.1 Å². The van der Waals surface area contributed by atoms with Crippen molar-refractivity contribution < 1.29 is 19.1 Å². The van der Waals surface area contributed by atoms with Gasteiger partial charge in [0.2, 0.25) is 11.8 Å². The van der Waals surface area contributed by atoms with Crippen molar-refractivity contribution in [2.24, 2.45) is 0 Å². The number of rotatable bonds is 6. The average molecular weight is 583 g/mol. The van der Waals surface area contributed by atoms with Gasteiger partial charge in [-0.15, -0.1) is 0 Å². The molecule has 5 aliphatic rings. The standard InChI is InChI=1S/C33H38N6O4/c40-27-12-11-26(32(41)35-27)38-19-22-16-21(9-10-24(22)33(38)42)25-17-23(18-37-13-2-3-14-37)31-30(34-25)29(20-6-5-7-20)36-39(31)28-8-1-4-15-43-28/h9-10,16-17,20,26,28H,1-8,11-15,18-19H2,(H,35,40,41). The SMILES string of the molecule is O=C1CCC(N2Cc3cc(-c4cc(CN5CCCC5)c5c(n4)c(C4CCC4)nn5C4CCCCO4)ccc3C2=O)C(=O)N1. The Morgan fingerprint density at radius 2 is 1.81 bits per heavy atom. The molecule has 1 saturated carbocycles. The first-order valence-electron chi connectivity index (χ1n) is 16.1. The molecule has 224 valence electrons. The van der Waals surface area contributed by atoms with Crippen LogP contribution in [0.4, 0.5) is 0 Å². The quantitative estimate of drug-likeness (QED) is 0.429. The second kappa shape index (κ2) is 10.8. The Hall–Kier alpha value is -3.63. The Balaban J connectivity index is 1.20. The summed E-state index contributed by atoms with van der Waals surface area (Å²) < 4.78 is 8.42. The lowest BCUT2D eigenvalue weighted by Crippen LogP contribution is -2.52. The summed E-state index contributed by atoms with van der Waals surface area (Å²) in [5.41, 5.74) is 7.79. The second-order valence-electron chi connectivity index (χ2n) is 12.9. The third kappa shape index (κ3) is 4.75. The molecule has 10 heteroatoms. The molecule has 43 heavy (non-hydrogen) atoms. The van der Waals surface area contributed by atoms with Crippen molar-refractivity contribution in [3.8, 4) is 11.3 Å². The van der Waals surface area contributed by atoms with Crippen LogP contribution < -0.4 is 5.32 Å². The topological polar surface area (TPSA) is 110 Å². The van der Waals surface area contributed by atoms with Crippen LogP contribution in [-0.2, 0) is 27.4 Å². The third-order valence-electron chi connectivity index (χ3n) is 10.1. The molecule has 8 rings (SSSR count). The number of hydrogen-bond acceptors (Lipinski definition) is 7. The molecule has 3 amide bonds. The second-order valence-corrected chi connectivity index (χ2v) is 12.9. The van der Waals surface area contributed by atoms with E-state index in [0.717, 1.165) is 91.9 Å². The molecule has 4 fully saturated rings. The van der Waals surface area contributed by atoms with Crippen molar-refractivity contribution in [3.05, 3.63) is 46.6 Å². The summed E-state index contributed by atoms with van der Waals surface area (Å²) in [6.07, 6.45) is 9.70. The maximum atomic E-state index is 13.3. The summed E-state index contributed by atoms with van der Waals surface area (Å²) in [5, 5.41) is 7.63. The van der Waals surface area contributed by atoms with Crippen molar-refractivity contribution in [1.29, 1.82) is 0 Å². The minimum atomic E-state index is -0.625. The van der Waals surface area contributed by atoms with Crippen molar-refractivity contribution in [1.82, 2.24) is 29.9 Å². The van der Waals surface area contributed by atoms with Crippen LogP contribution in [0, 0.1) is 0 Å². The van der Waals surface area contributed by atoms with Gasteiger partial charge in [0.15, 0.2) is 6.23 Å². The number of aromatic nitrogens is 3. The first-order valence-corrected chi connectivity index (χ1v) is 16.1. The van der Waals surface area contributed by atoms with Crippen molar-refractivity contribution >= 4 is 28.8 Å². The molecule has 1 N–H and O–H groups in total. The van der Waals surface area contributed by atoms with E-state index in [2.05, 4.69) is 27.0 Å². The Bertz CT molecular complexity index is 1620. The zero-order valence-corrected chi connectivity index (χ0v) is 24.5. The van der Waals surface area contributed by atoms with E-state index >= 15 is 0 Å². The third-order valence-corrected chi connectivity index (χ3v) is 10.1. The van der Waals surface area contributed by atoms with Gasteiger partial charge in [-0.25, -0.2) is 9.67 Å². The number of fused-ring (bicyclic) bond motifs is 2. The molecule has 2 atom stereocenters. The molecular formula is C33H38N6O4.